The predicted molar refractivity (Wildman–Crippen MR) is 71.8 cm³/mol. The van der Waals surface area contributed by atoms with Crippen molar-refractivity contribution in [2.75, 3.05) is 13.1 Å². The molecule has 10 heteroatoms. The Kier molecular flexibility index (Phi) is 5.48. The molecule has 1 heterocycles. The van der Waals surface area contributed by atoms with Crippen molar-refractivity contribution in [2.24, 2.45) is 11.3 Å². The molecule has 0 aromatic heterocycles. The van der Waals surface area contributed by atoms with Gasteiger partial charge in [0.2, 0.25) is 5.92 Å². The smallest absolute Gasteiger partial charge is 0.448 e. The molecule has 2 rings (SSSR count). The molecular weight excluding hydrogens is 347 g/mol. The van der Waals surface area contributed by atoms with Crippen molar-refractivity contribution in [3.63, 3.8) is 0 Å². The topological polar surface area (TPSA) is 29.5 Å². The van der Waals surface area contributed by atoms with E-state index in [9.17, 15) is 26.5 Å². The van der Waals surface area contributed by atoms with Crippen LogP contribution in [0.4, 0.5) is 26.5 Å². The molecule has 1 aliphatic heterocycles. The monoisotopic (exact) mass is 367 g/mol. The van der Waals surface area contributed by atoms with Gasteiger partial charge in [0, 0.05) is 24.3 Å². The normalized spacial score (nSPS) is 31.7. The molecule has 0 spiro atoms. The number of piperidine rings is 1. The molecule has 0 bridgehead atoms. The molecule has 128 valence electrons. The third-order valence-corrected chi connectivity index (χ3v) is 4.73. The zero-order valence-corrected chi connectivity index (χ0v) is 17.3. The maximum Gasteiger partial charge on any atom is 1.00 e. The molecule has 2 unspecified atom stereocenters. The standard InChI is InChI=1S/C13H20BF5NO2.K/c1-10(2,3)22-9(21)20-6-8-12(13(8,15)16,14(17,18)19)11(4,5)7-20;/h8H,6-7H2,1-5H3;/q-1;+1. The van der Waals surface area contributed by atoms with Gasteiger partial charge in [-0.25, -0.2) is 13.6 Å². The fourth-order valence-electron chi connectivity index (χ4n) is 3.93. The molecule has 2 aliphatic rings. The van der Waals surface area contributed by atoms with Crippen LogP contribution in [0.1, 0.15) is 34.6 Å². The predicted octanol–water partition coefficient (Wildman–Crippen LogP) is 1.12. The first-order valence-corrected chi connectivity index (χ1v) is 7.13. The summed E-state index contributed by atoms with van der Waals surface area (Å²) in [7, 11) is 0. The number of likely N-dealkylation sites (tertiary alicyclic amines) is 1. The van der Waals surface area contributed by atoms with E-state index in [4.69, 9.17) is 4.74 Å². The Morgan fingerprint density at radius 1 is 1.22 bits per heavy atom. The van der Waals surface area contributed by atoms with Gasteiger partial charge in [0.05, 0.1) is 0 Å². The molecule has 1 saturated carbocycles. The Morgan fingerprint density at radius 2 is 1.70 bits per heavy atom. The zero-order valence-electron chi connectivity index (χ0n) is 14.2. The van der Waals surface area contributed by atoms with Crippen LogP contribution >= 0.6 is 0 Å². The summed E-state index contributed by atoms with van der Waals surface area (Å²) in [5, 5.41) is -3.00. The second-order valence-corrected chi connectivity index (χ2v) is 7.86. The van der Waals surface area contributed by atoms with Crippen molar-refractivity contribution in [2.45, 2.75) is 51.5 Å². The third kappa shape index (κ3) is 3.11. The van der Waals surface area contributed by atoms with E-state index >= 15 is 0 Å². The first-order valence-electron chi connectivity index (χ1n) is 7.13. The van der Waals surface area contributed by atoms with Gasteiger partial charge in [-0.15, -0.1) is 0 Å². The molecule has 1 amide bonds. The van der Waals surface area contributed by atoms with E-state index in [1.165, 1.54) is 0 Å². The van der Waals surface area contributed by atoms with Gasteiger partial charge in [-0.05, 0) is 26.2 Å². The molecule has 0 aromatic rings. The number of nitrogens with zero attached hydrogens (tertiary/aromatic N) is 1. The summed E-state index contributed by atoms with van der Waals surface area (Å²) in [6.45, 7) is 0.329. The Labute approximate surface area is 175 Å². The van der Waals surface area contributed by atoms with Gasteiger partial charge in [0.1, 0.15) is 5.60 Å². The van der Waals surface area contributed by atoms with Crippen molar-refractivity contribution < 1.29 is 82.6 Å². The van der Waals surface area contributed by atoms with E-state index in [0.717, 1.165) is 18.7 Å². The number of halogens is 5. The van der Waals surface area contributed by atoms with E-state index in [1.807, 2.05) is 0 Å². The maximum absolute atomic E-state index is 14.0. The summed E-state index contributed by atoms with van der Waals surface area (Å²) in [6, 6.07) is 0. The molecule has 0 radical (unpaired) electrons. The number of alkyl halides is 2. The fourth-order valence-corrected chi connectivity index (χ4v) is 3.93. The second-order valence-electron chi connectivity index (χ2n) is 7.86. The Morgan fingerprint density at radius 3 is 2.04 bits per heavy atom. The second kappa shape index (κ2) is 5.82. The largest absolute Gasteiger partial charge is 1.00 e. The van der Waals surface area contributed by atoms with Gasteiger partial charge in [0.15, 0.2) is 0 Å². The fraction of sp³-hybridized carbons (Fsp3) is 0.923. The van der Waals surface area contributed by atoms with Gasteiger partial charge >= 0.3 is 64.5 Å². The first kappa shape index (κ1) is 21.7. The molecule has 0 N–H and O–H groups in total. The van der Waals surface area contributed by atoms with Crippen molar-refractivity contribution >= 4 is 13.1 Å². The van der Waals surface area contributed by atoms with Gasteiger partial charge < -0.3 is 22.6 Å². The van der Waals surface area contributed by atoms with E-state index in [0.29, 0.717) is 0 Å². The van der Waals surface area contributed by atoms with Crippen LogP contribution in [-0.4, -0.2) is 42.6 Å². The van der Waals surface area contributed by atoms with Gasteiger partial charge in [-0.2, -0.15) is 0 Å². The molecular formula is C13H20BF5KNO2. The SMILES string of the molecule is CC(C)(C)OC(=O)N1CC2C(F)(F)C2([B-](F)(F)F)C(C)(C)C1.[K+]. The summed E-state index contributed by atoms with van der Waals surface area (Å²) in [5.74, 6) is -5.73. The number of rotatable bonds is 1. The molecule has 2 atom stereocenters. The number of fused-ring (bicyclic) bond motifs is 1. The summed E-state index contributed by atoms with van der Waals surface area (Å²) >= 11 is 0. The first-order chi connectivity index (χ1) is 9.58. The molecule has 1 saturated heterocycles. The van der Waals surface area contributed by atoms with Crippen molar-refractivity contribution in [3.05, 3.63) is 0 Å². The van der Waals surface area contributed by atoms with Crippen LogP contribution in [0.5, 0.6) is 0 Å². The van der Waals surface area contributed by atoms with Gasteiger partial charge in [-0.1, -0.05) is 13.8 Å². The van der Waals surface area contributed by atoms with Crippen molar-refractivity contribution in [3.8, 4) is 0 Å². The average molecular weight is 367 g/mol. The van der Waals surface area contributed by atoms with Gasteiger partial charge in [0.25, 0.3) is 0 Å². The van der Waals surface area contributed by atoms with Crippen LogP contribution in [0, 0.1) is 11.3 Å². The van der Waals surface area contributed by atoms with Crippen LogP contribution in [0.2, 0.25) is 5.31 Å². The quantitative estimate of drug-likeness (QED) is 0.514. The van der Waals surface area contributed by atoms with E-state index < -0.39 is 54.3 Å². The molecule has 0 aromatic carbocycles. The van der Waals surface area contributed by atoms with Crippen LogP contribution in [0.15, 0.2) is 0 Å². The average Bonchev–Trinajstić information content (AvgIpc) is 2.73. The Balaban J connectivity index is 0.00000264. The van der Waals surface area contributed by atoms with Crippen LogP contribution in [-0.2, 0) is 4.74 Å². The summed E-state index contributed by atoms with van der Waals surface area (Å²) < 4.78 is 73.4. The number of ether oxygens (including phenoxy) is 1. The van der Waals surface area contributed by atoms with Crippen LogP contribution in [0.3, 0.4) is 0 Å². The van der Waals surface area contributed by atoms with Crippen LogP contribution < -0.4 is 51.4 Å². The van der Waals surface area contributed by atoms with E-state index in [-0.39, 0.29) is 51.4 Å². The molecule has 1 aliphatic carbocycles. The van der Waals surface area contributed by atoms with Crippen molar-refractivity contribution in [1.82, 2.24) is 4.90 Å². The van der Waals surface area contributed by atoms with Gasteiger partial charge in [-0.3, -0.25) is 0 Å². The summed E-state index contributed by atoms with van der Waals surface area (Å²) in [6.07, 6.45) is -0.855. The van der Waals surface area contributed by atoms with E-state index in [2.05, 4.69) is 0 Å². The minimum atomic E-state index is -5.74. The number of amides is 1. The Bertz CT molecular complexity index is 506. The minimum absolute atomic E-state index is 0. The molecule has 3 nitrogen and oxygen atoms in total. The number of hydrogen-bond acceptors (Lipinski definition) is 2. The summed E-state index contributed by atoms with van der Waals surface area (Å²) in [4.78, 5) is 13.0. The zero-order chi connectivity index (χ0) is 17.4. The molecule has 23 heavy (non-hydrogen) atoms. The minimum Gasteiger partial charge on any atom is -0.448 e. The Hall–Kier alpha value is 0.621. The van der Waals surface area contributed by atoms with E-state index in [1.54, 1.807) is 20.8 Å². The maximum atomic E-state index is 14.0. The summed E-state index contributed by atoms with van der Waals surface area (Å²) in [5.41, 5.74) is -2.61. The van der Waals surface area contributed by atoms with Crippen LogP contribution in [0.25, 0.3) is 0 Å². The number of carbonyl (C=O) groups is 1. The van der Waals surface area contributed by atoms with Crippen molar-refractivity contribution in [1.29, 1.82) is 0 Å². The number of carbonyl (C=O) groups excluding carboxylic acids is 1. The number of hydrogen-bond donors (Lipinski definition) is 0. The molecule has 2 fully saturated rings. The third-order valence-electron chi connectivity index (χ3n) is 4.73.